The van der Waals surface area contributed by atoms with E-state index < -0.39 is 28.5 Å². The molecule has 0 aliphatic carbocycles. The van der Waals surface area contributed by atoms with Gasteiger partial charge in [-0.25, -0.2) is 8.42 Å². The van der Waals surface area contributed by atoms with Crippen molar-refractivity contribution >= 4 is 43.5 Å². The van der Waals surface area contributed by atoms with E-state index in [2.05, 4.69) is 21.2 Å². The molecule has 0 heterocycles. The van der Waals surface area contributed by atoms with E-state index in [1.54, 1.807) is 43.5 Å². The van der Waals surface area contributed by atoms with Crippen molar-refractivity contribution in [3.8, 4) is 5.75 Å². The summed E-state index contributed by atoms with van der Waals surface area (Å²) in [5, 5.41) is 2.90. The largest absolute Gasteiger partial charge is 0.497 e. The van der Waals surface area contributed by atoms with E-state index >= 15 is 0 Å². The Morgan fingerprint density at radius 1 is 1.09 bits per heavy atom. The van der Waals surface area contributed by atoms with Gasteiger partial charge >= 0.3 is 0 Å². The molecule has 1 atom stereocenters. The third-order valence-electron chi connectivity index (χ3n) is 5.38. The number of rotatable bonds is 12. The number of para-hydroxylation sites is 1. The van der Waals surface area contributed by atoms with Crippen LogP contribution in [0.2, 0.25) is 0 Å². The zero-order valence-corrected chi connectivity index (χ0v) is 23.2. The van der Waals surface area contributed by atoms with Gasteiger partial charge in [0.15, 0.2) is 0 Å². The molecule has 0 fully saturated rings. The molecule has 2 aromatic rings. The molecule has 2 rings (SSSR count). The Morgan fingerprint density at radius 3 is 2.23 bits per heavy atom. The van der Waals surface area contributed by atoms with Crippen molar-refractivity contribution in [2.75, 3.05) is 30.8 Å². The Morgan fingerprint density at radius 2 is 1.71 bits per heavy atom. The summed E-state index contributed by atoms with van der Waals surface area (Å²) in [5.74, 6) is 0.173. The maximum absolute atomic E-state index is 13.7. The fourth-order valence-electron chi connectivity index (χ4n) is 3.52. The summed E-state index contributed by atoms with van der Waals surface area (Å²) in [6, 6.07) is 13.2. The minimum atomic E-state index is -3.79. The highest BCUT2D eigenvalue weighted by molar-refractivity contribution is 9.10. The number of methoxy groups -OCH3 is 1. The van der Waals surface area contributed by atoms with E-state index in [1.165, 1.54) is 4.90 Å². The maximum atomic E-state index is 13.7. The van der Waals surface area contributed by atoms with Crippen molar-refractivity contribution in [3.63, 3.8) is 0 Å². The highest BCUT2D eigenvalue weighted by Gasteiger charge is 2.32. The van der Waals surface area contributed by atoms with Gasteiger partial charge in [-0.05, 0) is 58.1 Å². The highest BCUT2D eigenvalue weighted by atomic mass is 79.9. The van der Waals surface area contributed by atoms with E-state index in [-0.39, 0.29) is 18.4 Å². The van der Waals surface area contributed by atoms with Crippen LogP contribution in [0.15, 0.2) is 53.0 Å². The number of anilines is 1. The van der Waals surface area contributed by atoms with Crippen LogP contribution in [0.5, 0.6) is 5.75 Å². The van der Waals surface area contributed by atoms with Crippen LogP contribution in [-0.2, 0) is 26.2 Å². The van der Waals surface area contributed by atoms with Crippen molar-refractivity contribution in [3.05, 3.63) is 58.6 Å². The molecule has 35 heavy (non-hydrogen) atoms. The number of halogens is 1. The van der Waals surface area contributed by atoms with Crippen LogP contribution in [0.3, 0.4) is 0 Å². The molecule has 0 saturated carbocycles. The summed E-state index contributed by atoms with van der Waals surface area (Å²) in [5.41, 5.74) is 1.14. The molecule has 0 radical (unpaired) electrons. The fraction of sp³-hybridized carbons (Fsp3) is 0.440. The standard InChI is InChI=1S/C25H34BrN3O5S/c1-6-22(25(31)27-15-18(2)3)28(16-19-11-13-20(34-4)14-12-19)24(30)17-29(35(5,32)33)23-10-8-7-9-21(23)26/h7-14,18,22H,6,15-17H2,1-5H3,(H,27,31)/t22-/m0/s1. The molecule has 0 aliphatic heterocycles. The molecule has 0 unspecified atom stereocenters. The number of ether oxygens (including phenoxy) is 1. The molecule has 0 aliphatic rings. The molecule has 2 aromatic carbocycles. The van der Waals surface area contributed by atoms with Gasteiger partial charge in [0.25, 0.3) is 0 Å². The molecular formula is C25H34BrN3O5S. The monoisotopic (exact) mass is 567 g/mol. The number of sulfonamides is 1. The molecular weight excluding hydrogens is 534 g/mol. The number of benzene rings is 2. The van der Waals surface area contributed by atoms with Gasteiger partial charge in [0.2, 0.25) is 21.8 Å². The van der Waals surface area contributed by atoms with E-state index in [4.69, 9.17) is 4.74 Å². The number of amides is 2. The van der Waals surface area contributed by atoms with Crippen LogP contribution in [0.4, 0.5) is 5.69 Å². The summed E-state index contributed by atoms with van der Waals surface area (Å²) in [6.45, 7) is 5.99. The zero-order valence-electron chi connectivity index (χ0n) is 20.8. The van der Waals surface area contributed by atoms with Gasteiger partial charge in [-0.15, -0.1) is 0 Å². The lowest BCUT2D eigenvalue weighted by atomic mass is 10.1. The lowest BCUT2D eigenvalue weighted by Gasteiger charge is -2.33. The zero-order chi connectivity index (χ0) is 26.2. The van der Waals surface area contributed by atoms with Gasteiger partial charge in [-0.1, -0.05) is 45.0 Å². The van der Waals surface area contributed by atoms with Crippen molar-refractivity contribution in [2.45, 2.75) is 39.8 Å². The minimum absolute atomic E-state index is 0.143. The number of nitrogens with zero attached hydrogens (tertiary/aromatic N) is 2. The van der Waals surface area contributed by atoms with Gasteiger partial charge in [0.1, 0.15) is 18.3 Å². The molecule has 0 bridgehead atoms. The van der Waals surface area contributed by atoms with Crippen LogP contribution in [0, 0.1) is 5.92 Å². The summed E-state index contributed by atoms with van der Waals surface area (Å²) >= 11 is 3.38. The average molecular weight is 569 g/mol. The second-order valence-corrected chi connectivity index (χ2v) is 11.4. The van der Waals surface area contributed by atoms with Crippen molar-refractivity contribution in [2.24, 2.45) is 5.92 Å². The number of carbonyl (C=O) groups is 2. The Kier molecular flexibility index (Phi) is 10.6. The molecule has 192 valence electrons. The van der Waals surface area contributed by atoms with Gasteiger partial charge < -0.3 is 15.0 Å². The molecule has 1 N–H and O–H groups in total. The van der Waals surface area contributed by atoms with Crippen molar-refractivity contribution in [1.82, 2.24) is 10.2 Å². The smallest absolute Gasteiger partial charge is 0.244 e. The fourth-order valence-corrected chi connectivity index (χ4v) is 5.00. The Labute approximate surface area is 216 Å². The summed E-state index contributed by atoms with van der Waals surface area (Å²) in [7, 11) is -2.22. The topological polar surface area (TPSA) is 96.0 Å². The van der Waals surface area contributed by atoms with Crippen LogP contribution in [0.1, 0.15) is 32.8 Å². The van der Waals surface area contributed by atoms with Crippen molar-refractivity contribution in [1.29, 1.82) is 0 Å². The van der Waals surface area contributed by atoms with Crippen LogP contribution >= 0.6 is 15.9 Å². The molecule has 8 nitrogen and oxygen atoms in total. The normalized spacial score (nSPS) is 12.2. The molecule has 10 heteroatoms. The number of nitrogens with one attached hydrogen (secondary N) is 1. The van der Waals surface area contributed by atoms with Gasteiger partial charge in [-0.3, -0.25) is 13.9 Å². The maximum Gasteiger partial charge on any atom is 0.244 e. The molecule has 2 amide bonds. The summed E-state index contributed by atoms with van der Waals surface area (Å²) in [4.78, 5) is 28.2. The Bertz CT molecular complexity index is 1110. The lowest BCUT2D eigenvalue weighted by Crippen LogP contribution is -2.52. The first-order chi connectivity index (χ1) is 16.5. The predicted molar refractivity (Wildman–Crippen MR) is 142 cm³/mol. The van der Waals surface area contributed by atoms with E-state index in [0.717, 1.165) is 16.1 Å². The first-order valence-electron chi connectivity index (χ1n) is 11.4. The second kappa shape index (κ2) is 12.9. The second-order valence-electron chi connectivity index (χ2n) is 8.65. The third-order valence-corrected chi connectivity index (χ3v) is 7.18. The highest BCUT2D eigenvalue weighted by Crippen LogP contribution is 2.28. The molecule has 0 spiro atoms. The van der Waals surface area contributed by atoms with E-state index in [1.807, 2.05) is 32.9 Å². The molecule has 0 aromatic heterocycles. The number of hydrogen-bond donors (Lipinski definition) is 1. The predicted octanol–water partition coefficient (Wildman–Crippen LogP) is 3.80. The first-order valence-corrected chi connectivity index (χ1v) is 14.0. The number of hydrogen-bond acceptors (Lipinski definition) is 5. The molecule has 0 saturated heterocycles. The van der Waals surface area contributed by atoms with Gasteiger partial charge in [-0.2, -0.15) is 0 Å². The quantitative estimate of drug-likeness (QED) is 0.420. The summed E-state index contributed by atoms with van der Waals surface area (Å²) in [6.07, 6.45) is 1.43. The van der Waals surface area contributed by atoms with Crippen molar-refractivity contribution < 1.29 is 22.7 Å². The third kappa shape index (κ3) is 8.24. The SMILES string of the molecule is CC[C@@H](C(=O)NCC(C)C)N(Cc1ccc(OC)cc1)C(=O)CN(c1ccccc1Br)S(C)(=O)=O. The van der Waals surface area contributed by atoms with Crippen LogP contribution in [0.25, 0.3) is 0 Å². The lowest BCUT2D eigenvalue weighted by molar-refractivity contribution is -0.140. The van der Waals surface area contributed by atoms with Crippen LogP contribution < -0.4 is 14.4 Å². The first kappa shape index (κ1) is 28.6. The number of carbonyl (C=O) groups excluding carboxylic acids is 2. The van der Waals surface area contributed by atoms with Crippen LogP contribution in [-0.4, -0.2) is 57.6 Å². The average Bonchev–Trinajstić information content (AvgIpc) is 2.81. The van der Waals surface area contributed by atoms with E-state index in [9.17, 15) is 18.0 Å². The minimum Gasteiger partial charge on any atom is -0.497 e. The van der Waals surface area contributed by atoms with E-state index in [0.29, 0.717) is 28.9 Å². The Hall–Kier alpha value is -2.59. The Balaban J connectivity index is 2.42. The summed E-state index contributed by atoms with van der Waals surface area (Å²) < 4.78 is 32.1. The van der Waals surface area contributed by atoms with Gasteiger partial charge in [0, 0.05) is 17.6 Å². The van der Waals surface area contributed by atoms with Gasteiger partial charge in [0.05, 0.1) is 19.1 Å².